The maximum absolute atomic E-state index is 13.9. The Hall–Kier alpha value is -3.15. The number of aromatic nitrogens is 2. The van der Waals surface area contributed by atoms with Gasteiger partial charge in [0.1, 0.15) is 0 Å². The minimum absolute atomic E-state index is 0. The first kappa shape index (κ1) is 38.6. The fraction of sp³-hybridized carbons (Fsp3) is 0.541. The topological polar surface area (TPSA) is 89.5 Å². The van der Waals surface area contributed by atoms with Crippen molar-refractivity contribution in [1.82, 2.24) is 24.7 Å². The van der Waals surface area contributed by atoms with Gasteiger partial charge in [-0.25, -0.2) is 0 Å². The number of ether oxygens (including phenoxy) is 4. The Morgan fingerprint density at radius 2 is 1.55 bits per heavy atom. The van der Waals surface area contributed by atoms with E-state index in [1.807, 2.05) is 20.8 Å². The van der Waals surface area contributed by atoms with E-state index in [0.29, 0.717) is 44.7 Å². The smallest absolute Gasteiger partial charge is 0.323 e. The third-order valence-electron chi connectivity index (χ3n) is 9.85. The van der Waals surface area contributed by atoms with Crippen LogP contribution in [0.3, 0.4) is 0 Å². The first-order chi connectivity index (χ1) is 22.9. The van der Waals surface area contributed by atoms with Gasteiger partial charge >= 0.3 is 6.01 Å². The quantitative estimate of drug-likeness (QED) is 0.242. The number of nitrogens with zero attached hydrogens (tertiary/aromatic N) is 5. The van der Waals surface area contributed by atoms with Crippen LogP contribution in [0.2, 0.25) is 0 Å². The molecule has 3 saturated heterocycles. The van der Waals surface area contributed by atoms with Crippen molar-refractivity contribution in [2.24, 2.45) is 5.41 Å². The second-order valence-electron chi connectivity index (χ2n) is 13.2. The number of rotatable bonds is 12. The Morgan fingerprint density at radius 1 is 0.918 bits per heavy atom. The lowest BCUT2D eigenvalue weighted by Gasteiger charge is -2.55. The molecule has 0 radical (unpaired) electrons. The number of amides is 1. The highest BCUT2D eigenvalue weighted by Gasteiger charge is 2.49. The van der Waals surface area contributed by atoms with E-state index in [2.05, 4.69) is 92.3 Å². The van der Waals surface area contributed by atoms with Crippen molar-refractivity contribution in [2.75, 3.05) is 59.7 Å². The molecule has 1 aromatic heterocycles. The van der Waals surface area contributed by atoms with Crippen LogP contribution in [-0.2, 0) is 16.1 Å². The van der Waals surface area contributed by atoms with Gasteiger partial charge in [-0.3, -0.25) is 14.6 Å². The molecule has 1 unspecified atom stereocenters. The molecule has 10 nitrogen and oxygen atoms in total. The van der Waals surface area contributed by atoms with Gasteiger partial charge in [-0.1, -0.05) is 67.6 Å². The highest BCUT2D eigenvalue weighted by Crippen LogP contribution is 2.39. The van der Waals surface area contributed by atoms with Crippen LogP contribution in [-0.4, -0.2) is 108 Å². The van der Waals surface area contributed by atoms with E-state index in [4.69, 9.17) is 18.9 Å². The van der Waals surface area contributed by atoms with Crippen LogP contribution in [0.4, 0.5) is 0 Å². The number of hydrogen-bond acceptors (Lipinski definition) is 9. The molecular weight excluding hydrogens is 665 g/mol. The lowest BCUT2D eigenvalue weighted by molar-refractivity contribution is -0.177. The molecule has 12 heteroatoms. The molecule has 1 amide bonds. The predicted molar refractivity (Wildman–Crippen MR) is 194 cm³/mol. The number of carbonyl (C=O) groups excluding carboxylic acids is 1. The maximum Gasteiger partial charge on any atom is 0.323 e. The number of piperazine rings is 2. The summed E-state index contributed by atoms with van der Waals surface area (Å²) in [4.78, 5) is 30.4. The van der Waals surface area contributed by atoms with Gasteiger partial charge in [0.15, 0.2) is 0 Å². The van der Waals surface area contributed by atoms with Gasteiger partial charge in [0.25, 0.3) is 0 Å². The van der Waals surface area contributed by atoms with Crippen LogP contribution in [0.25, 0.3) is 0 Å². The highest BCUT2D eigenvalue weighted by molar-refractivity contribution is 5.85. The summed E-state index contributed by atoms with van der Waals surface area (Å²) in [6.07, 6.45) is 0.707. The first-order valence-electron chi connectivity index (χ1n) is 17.0. The Morgan fingerprint density at radius 3 is 2.08 bits per heavy atom. The van der Waals surface area contributed by atoms with E-state index >= 15 is 0 Å². The van der Waals surface area contributed by atoms with Crippen molar-refractivity contribution in [3.05, 3.63) is 77.4 Å². The molecule has 3 aromatic rings. The zero-order chi connectivity index (χ0) is 33.0. The number of fused-ring (bicyclic) bond motifs is 1. The van der Waals surface area contributed by atoms with Gasteiger partial charge in [-0.2, -0.15) is 9.97 Å². The third-order valence-corrected chi connectivity index (χ3v) is 9.85. The standard InChI is InChI=1S/C37H49N5O5.2ClH/c1-6-37(24-45-25-37)35(43)41-18-19-42-29(21-41)20-40(22-30-33(44-5)38-36(46-7-2)39-34(30)47-26(3)4)23-31(42)32(27-14-10-8-11-15-27)28-16-12-9-13-17-28;;/h8-17,26,29,31-32H,6-7,18-25H2,1-5H3;2*1H/t29-,31?;;/m1../s1. The van der Waals surface area contributed by atoms with E-state index in [0.717, 1.165) is 38.2 Å². The molecule has 0 N–H and O–H groups in total. The number of methoxy groups -OCH3 is 1. The van der Waals surface area contributed by atoms with Crippen molar-refractivity contribution in [3.8, 4) is 17.8 Å². The van der Waals surface area contributed by atoms with Gasteiger partial charge in [-0.05, 0) is 38.3 Å². The molecule has 3 fully saturated rings. The Labute approximate surface area is 303 Å². The number of benzene rings is 2. The average molecular weight is 717 g/mol. The maximum atomic E-state index is 13.9. The van der Waals surface area contributed by atoms with Crippen molar-refractivity contribution < 1.29 is 23.7 Å². The number of hydrogen-bond donors (Lipinski definition) is 0. The summed E-state index contributed by atoms with van der Waals surface area (Å²) in [5.41, 5.74) is 2.98. The Balaban J connectivity index is 0.00000270. The number of carbonyl (C=O) groups is 1. The van der Waals surface area contributed by atoms with Crippen molar-refractivity contribution in [2.45, 2.75) is 64.8 Å². The minimum atomic E-state index is -0.386. The molecule has 3 aliphatic heterocycles. The van der Waals surface area contributed by atoms with Gasteiger partial charge in [0, 0.05) is 57.3 Å². The molecule has 2 atom stereocenters. The first-order valence-corrected chi connectivity index (χ1v) is 17.0. The summed E-state index contributed by atoms with van der Waals surface area (Å²) in [5, 5.41) is 0. The zero-order valence-corrected chi connectivity index (χ0v) is 30.9. The molecule has 49 heavy (non-hydrogen) atoms. The largest absolute Gasteiger partial charge is 0.481 e. The van der Waals surface area contributed by atoms with E-state index in [9.17, 15) is 4.79 Å². The summed E-state index contributed by atoms with van der Waals surface area (Å²) in [6.45, 7) is 13.8. The molecule has 268 valence electrons. The lowest BCUT2D eigenvalue weighted by Crippen LogP contribution is -2.69. The molecule has 0 saturated carbocycles. The molecule has 0 bridgehead atoms. The van der Waals surface area contributed by atoms with Crippen LogP contribution in [0.5, 0.6) is 17.8 Å². The van der Waals surface area contributed by atoms with E-state index in [-0.39, 0.29) is 66.3 Å². The SMILES string of the molecule is CCOc1nc(OC)c(CN2CC(C(c3ccccc3)c3ccccc3)N3CCN(C(=O)C4(CC)COC4)C[C@H]3C2)c(OC(C)C)n1.Cl.Cl. The molecular formula is C37H51Cl2N5O5. The second-order valence-corrected chi connectivity index (χ2v) is 13.2. The summed E-state index contributed by atoms with van der Waals surface area (Å²) in [5.74, 6) is 1.30. The fourth-order valence-corrected chi connectivity index (χ4v) is 7.41. The highest BCUT2D eigenvalue weighted by atomic mass is 35.5. The molecule has 4 heterocycles. The van der Waals surface area contributed by atoms with Crippen molar-refractivity contribution in [1.29, 1.82) is 0 Å². The van der Waals surface area contributed by atoms with Crippen LogP contribution >= 0.6 is 24.8 Å². The van der Waals surface area contributed by atoms with Crippen LogP contribution < -0.4 is 14.2 Å². The summed E-state index contributed by atoms with van der Waals surface area (Å²) < 4.78 is 23.3. The lowest BCUT2D eigenvalue weighted by atomic mass is 9.80. The van der Waals surface area contributed by atoms with E-state index < -0.39 is 0 Å². The third kappa shape index (κ3) is 8.26. The predicted octanol–water partition coefficient (Wildman–Crippen LogP) is 5.47. The monoisotopic (exact) mass is 715 g/mol. The Bertz CT molecular complexity index is 1450. The van der Waals surface area contributed by atoms with Gasteiger partial charge in [0.2, 0.25) is 17.7 Å². The molecule has 0 aliphatic carbocycles. The van der Waals surface area contributed by atoms with Crippen LogP contribution in [0.15, 0.2) is 60.7 Å². The molecule has 0 spiro atoms. The molecule has 2 aromatic carbocycles. The summed E-state index contributed by atoms with van der Waals surface area (Å²) >= 11 is 0. The fourth-order valence-electron chi connectivity index (χ4n) is 7.41. The Kier molecular flexibility index (Phi) is 13.6. The van der Waals surface area contributed by atoms with E-state index in [1.165, 1.54) is 11.1 Å². The van der Waals surface area contributed by atoms with Gasteiger partial charge in [0.05, 0.1) is 44.0 Å². The van der Waals surface area contributed by atoms with Gasteiger partial charge in [-0.15, -0.1) is 24.8 Å². The van der Waals surface area contributed by atoms with Gasteiger partial charge < -0.3 is 23.8 Å². The summed E-state index contributed by atoms with van der Waals surface area (Å²) in [6, 6.07) is 22.2. The van der Waals surface area contributed by atoms with Crippen molar-refractivity contribution in [3.63, 3.8) is 0 Å². The normalized spacial score (nSPS) is 20.4. The molecule has 6 rings (SSSR count). The number of halogens is 2. The average Bonchev–Trinajstić information content (AvgIpc) is 3.06. The minimum Gasteiger partial charge on any atom is -0.481 e. The second kappa shape index (κ2) is 17.2. The van der Waals surface area contributed by atoms with E-state index in [1.54, 1.807) is 7.11 Å². The zero-order valence-electron chi connectivity index (χ0n) is 29.2. The summed E-state index contributed by atoms with van der Waals surface area (Å²) in [7, 11) is 1.63. The van der Waals surface area contributed by atoms with Crippen LogP contribution in [0, 0.1) is 5.41 Å². The van der Waals surface area contributed by atoms with Crippen molar-refractivity contribution >= 4 is 30.7 Å². The molecule has 3 aliphatic rings. The van der Waals surface area contributed by atoms with Crippen LogP contribution in [0.1, 0.15) is 56.7 Å².